The molecule has 0 radical (unpaired) electrons. The second-order valence-corrected chi connectivity index (χ2v) is 6.52. The SMILES string of the molecule is CC(=O)N[C@H]1CCCN(C(=O)Nc2ccc(N3CCCC3)nc2)C1. The highest BCUT2D eigenvalue weighted by molar-refractivity contribution is 5.89. The van der Waals surface area contributed by atoms with Crippen molar-refractivity contribution >= 4 is 23.4 Å². The molecule has 0 saturated carbocycles. The molecule has 0 aromatic carbocycles. The summed E-state index contributed by atoms with van der Waals surface area (Å²) in [5.74, 6) is 0.915. The van der Waals surface area contributed by atoms with Crippen LogP contribution in [0.1, 0.15) is 32.6 Å². The predicted molar refractivity (Wildman–Crippen MR) is 93.1 cm³/mol. The smallest absolute Gasteiger partial charge is 0.321 e. The fraction of sp³-hybridized carbons (Fsp3) is 0.588. The summed E-state index contributed by atoms with van der Waals surface area (Å²) in [6, 6.07) is 3.75. The van der Waals surface area contributed by atoms with E-state index in [1.165, 1.54) is 19.8 Å². The van der Waals surface area contributed by atoms with Gasteiger partial charge < -0.3 is 20.4 Å². The second kappa shape index (κ2) is 7.51. The number of rotatable bonds is 3. The van der Waals surface area contributed by atoms with Crippen molar-refractivity contribution in [3.8, 4) is 0 Å². The number of aromatic nitrogens is 1. The largest absolute Gasteiger partial charge is 0.357 e. The molecule has 2 saturated heterocycles. The predicted octanol–water partition coefficient (Wildman–Crippen LogP) is 1.81. The molecule has 1 aromatic rings. The summed E-state index contributed by atoms with van der Waals surface area (Å²) in [6.07, 6.45) is 5.94. The van der Waals surface area contributed by atoms with Crippen molar-refractivity contribution in [1.82, 2.24) is 15.2 Å². The molecule has 3 heterocycles. The Morgan fingerprint density at radius 2 is 1.96 bits per heavy atom. The average molecular weight is 331 g/mol. The summed E-state index contributed by atoms with van der Waals surface area (Å²) in [5.41, 5.74) is 0.699. The Hall–Kier alpha value is -2.31. The molecule has 24 heavy (non-hydrogen) atoms. The molecule has 3 rings (SSSR count). The van der Waals surface area contributed by atoms with Crippen LogP contribution >= 0.6 is 0 Å². The van der Waals surface area contributed by atoms with Crippen LogP contribution in [0.2, 0.25) is 0 Å². The van der Waals surface area contributed by atoms with E-state index in [1.54, 1.807) is 11.1 Å². The van der Waals surface area contributed by atoms with E-state index < -0.39 is 0 Å². The molecule has 1 aromatic heterocycles. The third-order valence-electron chi connectivity index (χ3n) is 4.55. The Kier molecular flexibility index (Phi) is 5.17. The van der Waals surface area contributed by atoms with Gasteiger partial charge in [-0.1, -0.05) is 0 Å². The van der Waals surface area contributed by atoms with Crippen LogP contribution in [-0.2, 0) is 4.79 Å². The first-order chi connectivity index (χ1) is 11.6. The van der Waals surface area contributed by atoms with Crippen LogP contribution in [0.25, 0.3) is 0 Å². The fourth-order valence-corrected chi connectivity index (χ4v) is 3.36. The number of anilines is 2. The molecular weight excluding hydrogens is 306 g/mol. The van der Waals surface area contributed by atoms with Crippen LogP contribution in [0, 0.1) is 0 Å². The standard InChI is InChI=1S/C17H25N5O2/c1-13(23)19-15-5-4-10-22(12-15)17(24)20-14-6-7-16(18-11-14)21-8-2-3-9-21/h6-7,11,15H,2-5,8-10,12H2,1H3,(H,19,23)(H,20,24)/t15-/m0/s1. The second-order valence-electron chi connectivity index (χ2n) is 6.52. The molecule has 130 valence electrons. The topological polar surface area (TPSA) is 77.6 Å². The fourth-order valence-electron chi connectivity index (χ4n) is 3.36. The third-order valence-corrected chi connectivity index (χ3v) is 4.55. The lowest BCUT2D eigenvalue weighted by atomic mass is 10.1. The number of urea groups is 1. The molecule has 2 N–H and O–H groups in total. The minimum absolute atomic E-state index is 0.0395. The van der Waals surface area contributed by atoms with Crippen LogP contribution in [-0.4, -0.2) is 54.0 Å². The molecule has 0 bridgehead atoms. The Balaban J connectivity index is 1.54. The van der Waals surface area contributed by atoms with Crippen molar-refractivity contribution in [2.45, 2.75) is 38.6 Å². The highest BCUT2D eigenvalue weighted by atomic mass is 16.2. The molecule has 7 nitrogen and oxygen atoms in total. The molecule has 2 aliphatic heterocycles. The van der Waals surface area contributed by atoms with Crippen LogP contribution in [0.5, 0.6) is 0 Å². The normalized spacial score (nSPS) is 20.8. The molecule has 2 fully saturated rings. The van der Waals surface area contributed by atoms with Crippen LogP contribution in [0.3, 0.4) is 0 Å². The van der Waals surface area contributed by atoms with Crippen LogP contribution < -0.4 is 15.5 Å². The molecule has 0 spiro atoms. The Morgan fingerprint density at radius 3 is 2.62 bits per heavy atom. The maximum Gasteiger partial charge on any atom is 0.321 e. The van der Waals surface area contributed by atoms with E-state index in [9.17, 15) is 9.59 Å². The minimum atomic E-state index is -0.138. The zero-order chi connectivity index (χ0) is 16.9. The van der Waals surface area contributed by atoms with Gasteiger partial charge in [-0.15, -0.1) is 0 Å². The van der Waals surface area contributed by atoms with Gasteiger partial charge in [-0.25, -0.2) is 9.78 Å². The van der Waals surface area contributed by atoms with Gasteiger partial charge in [0, 0.05) is 39.1 Å². The van der Waals surface area contributed by atoms with E-state index in [-0.39, 0.29) is 18.0 Å². The number of nitrogens with zero attached hydrogens (tertiary/aromatic N) is 3. The van der Waals surface area contributed by atoms with Gasteiger partial charge in [-0.05, 0) is 37.8 Å². The van der Waals surface area contributed by atoms with Gasteiger partial charge in [0.05, 0.1) is 11.9 Å². The average Bonchev–Trinajstić information content (AvgIpc) is 3.09. The first-order valence-electron chi connectivity index (χ1n) is 8.66. The maximum atomic E-state index is 12.4. The zero-order valence-corrected chi connectivity index (χ0v) is 14.1. The lowest BCUT2D eigenvalue weighted by Crippen LogP contribution is -2.50. The number of carbonyl (C=O) groups is 2. The van der Waals surface area contributed by atoms with Crippen molar-refractivity contribution in [3.63, 3.8) is 0 Å². The van der Waals surface area contributed by atoms with E-state index >= 15 is 0 Å². The van der Waals surface area contributed by atoms with Crippen molar-refractivity contribution < 1.29 is 9.59 Å². The number of carbonyl (C=O) groups excluding carboxylic acids is 2. The molecule has 0 aliphatic carbocycles. The summed E-state index contributed by atoms with van der Waals surface area (Å²) >= 11 is 0. The molecule has 2 aliphatic rings. The molecule has 1 atom stereocenters. The minimum Gasteiger partial charge on any atom is -0.357 e. The van der Waals surface area contributed by atoms with Crippen molar-refractivity contribution in [2.24, 2.45) is 0 Å². The number of amides is 3. The van der Waals surface area contributed by atoms with E-state index in [4.69, 9.17) is 0 Å². The first-order valence-corrected chi connectivity index (χ1v) is 8.66. The molecule has 7 heteroatoms. The summed E-state index contributed by atoms with van der Waals surface area (Å²) in [7, 11) is 0. The van der Waals surface area contributed by atoms with Gasteiger partial charge >= 0.3 is 6.03 Å². The quantitative estimate of drug-likeness (QED) is 0.885. The van der Waals surface area contributed by atoms with Gasteiger partial charge in [0.2, 0.25) is 5.91 Å². The van der Waals surface area contributed by atoms with Crippen molar-refractivity contribution in [3.05, 3.63) is 18.3 Å². The summed E-state index contributed by atoms with van der Waals surface area (Å²) in [4.78, 5) is 32.0. The third kappa shape index (κ3) is 4.15. The molecular formula is C17H25N5O2. The number of hydrogen-bond acceptors (Lipinski definition) is 4. The zero-order valence-electron chi connectivity index (χ0n) is 14.1. The first kappa shape index (κ1) is 16.5. The lowest BCUT2D eigenvalue weighted by Gasteiger charge is -2.33. The lowest BCUT2D eigenvalue weighted by molar-refractivity contribution is -0.119. The van der Waals surface area contributed by atoms with Crippen LogP contribution in [0.4, 0.5) is 16.3 Å². The van der Waals surface area contributed by atoms with E-state index in [1.807, 2.05) is 12.1 Å². The Bertz CT molecular complexity index is 583. The Labute approximate surface area is 142 Å². The summed E-state index contributed by atoms with van der Waals surface area (Å²) < 4.78 is 0. The summed E-state index contributed by atoms with van der Waals surface area (Å²) in [6.45, 7) is 4.87. The monoisotopic (exact) mass is 331 g/mol. The number of piperidine rings is 1. The molecule has 0 unspecified atom stereocenters. The van der Waals surface area contributed by atoms with Crippen molar-refractivity contribution in [1.29, 1.82) is 0 Å². The van der Waals surface area contributed by atoms with E-state index in [2.05, 4.69) is 20.5 Å². The number of pyridine rings is 1. The summed E-state index contributed by atoms with van der Waals surface area (Å²) in [5, 5.41) is 5.79. The number of nitrogens with one attached hydrogen (secondary N) is 2. The highest BCUT2D eigenvalue weighted by Crippen LogP contribution is 2.19. The number of likely N-dealkylation sites (tertiary alicyclic amines) is 1. The van der Waals surface area contributed by atoms with E-state index in [0.717, 1.165) is 31.7 Å². The molecule has 3 amide bonds. The maximum absolute atomic E-state index is 12.4. The van der Waals surface area contributed by atoms with Crippen molar-refractivity contribution in [2.75, 3.05) is 36.4 Å². The highest BCUT2D eigenvalue weighted by Gasteiger charge is 2.24. The van der Waals surface area contributed by atoms with Gasteiger partial charge in [-0.2, -0.15) is 0 Å². The van der Waals surface area contributed by atoms with Gasteiger partial charge in [0.25, 0.3) is 0 Å². The van der Waals surface area contributed by atoms with Gasteiger partial charge in [0.1, 0.15) is 5.82 Å². The Morgan fingerprint density at radius 1 is 1.17 bits per heavy atom. The van der Waals surface area contributed by atoms with Crippen LogP contribution in [0.15, 0.2) is 18.3 Å². The number of hydrogen-bond donors (Lipinski definition) is 2. The van der Waals surface area contributed by atoms with Gasteiger partial charge in [-0.3, -0.25) is 4.79 Å². The van der Waals surface area contributed by atoms with E-state index in [0.29, 0.717) is 18.8 Å². The van der Waals surface area contributed by atoms with Gasteiger partial charge in [0.15, 0.2) is 0 Å².